The fraction of sp³-hybridized carbons (Fsp3) is 0.333. The van der Waals surface area contributed by atoms with Gasteiger partial charge in [0.2, 0.25) is 5.91 Å². The molecule has 0 saturated heterocycles. The first-order valence-corrected chi connectivity index (χ1v) is 6.26. The lowest BCUT2D eigenvalue weighted by Crippen LogP contribution is -2.38. The smallest absolute Gasteiger partial charge is 0.326 e. The van der Waals surface area contributed by atoms with Gasteiger partial charge in [0.25, 0.3) is 0 Å². The van der Waals surface area contributed by atoms with Gasteiger partial charge in [0, 0.05) is 11.1 Å². The van der Waals surface area contributed by atoms with Crippen LogP contribution in [-0.4, -0.2) is 24.4 Å². The van der Waals surface area contributed by atoms with Crippen molar-refractivity contribution < 1.29 is 14.3 Å². The van der Waals surface area contributed by atoms with Gasteiger partial charge in [-0.3, -0.25) is 10.1 Å². The number of benzene rings is 1. The van der Waals surface area contributed by atoms with E-state index in [1.54, 1.807) is 19.1 Å². The van der Waals surface area contributed by atoms with Crippen molar-refractivity contribution in [2.45, 2.75) is 19.2 Å². The van der Waals surface area contributed by atoms with Gasteiger partial charge in [-0.25, -0.2) is 4.79 Å². The van der Waals surface area contributed by atoms with Crippen molar-refractivity contribution in [1.29, 1.82) is 0 Å². The quantitative estimate of drug-likeness (QED) is 0.844. The van der Waals surface area contributed by atoms with Crippen molar-refractivity contribution in [1.82, 2.24) is 5.32 Å². The fourth-order valence-electron chi connectivity index (χ4n) is 1.29. The van der Waals surface area contributed by atoms with E-state index in [2.05, 4.69) is 10.6 Å². The lowest BCUT2D eigenvalue weighted by molar-refractivity contribution is -0.119. The van der Waals surface area contributed by atoms with Gasteiger partial charge in [-0.15, -0.1) is 11.6 Å². The number of imide groups is 1. The standard InChI is InChI=1S/C12H14Cl2N2O3/c1-6-4-9(10(19-3)5-8(6)14)15-12(18)16-11(17)7(2)13/h4-5,7H,1-3H3,(H2,15,16,17,18). The first kappa shape index (κ1) is 15.6. The molecule has 7 heteroatoms. The second-order valence-electron chi connectivity index (χ2n) is 3.86. The van der Waals surface area contributed by atoms with E-state index in [-0.39, 0.29) is 0 Å². The molecule has 0 heterocycles. The van der Waals surface area contributed by atoms with E-state index >= 15 is 0 Å². The van der Waals surface area contributed by atoms with Gasteiger partial charge >= 0.3 is 6.03 Å². The lowest BCUT2D eigenvalue weighted by Gasteiger charge is -2.12. The minimum atomic E-state index is -0.792. The number of rotatable bonds is 3. The molecule has 1 rings (SSSR count). The lowest BCUT2D eigenvalue weighted by atomic mass is 10.2. The minimum Gasteiger partial charge on any atom is -0.495 e. The highest BCUT2D eigenvalue weighted by molar-refractivity contribution is 6.32. The van der Waals surface area contributed by atoms with Crippen LogP contribution in [0.3, 0.4) is 0 Å². The Labute approximate surface area is 121 Å². The topological polar surface area (TPSA) is 67.4 Å². The number of methoxy groups -OCH3 is 1. The molecule has 0 aliphatic carbocycles. The number of ether oxygens (including phenoxy) is 1. The molecule has 19 heavy (non-hydrogen) atoms. The molecule has 0 spiro atoms. The number of amides is 3. The Bertz CT molecular complexity index is 504. The molecule has 1 atom stereocenters. The van der Waals surface area contributed by atoms with Gasteiger partial charge in [-0.1, -0.05) is 11.6 Å². The van der Waals surface area contributed by atoms with E-state index < -0.39 is 17.3 Å². The summed E-state index contributed by atoms with van der Waals surface area (Å²) in [5.74, 6) is -0.180. The third-order valence-electron chi connectivity index (χ3n) is 2.33. The van der Waals surface area contributed by atoms with E-state index in [4.69, 9.17) is 27.9 Å². The summed E-state index contributed by atoms with van der Waals surface area (Å²) in [6.07, 6.45) is 0. The molecule has 5 nitrogen and oxygen atoms in total. The molecule has 0 fully saturated rings. The van der Waals surface area contributed by atoms with Crippen molar-refractivity contribution in [2.75, 3.05) is 12.4 Å². The molecule has 1 aromatic carbocycles. The molecule has 1 aromatic rings. The molecule has 0 aromatic heterocycles. The SMILES string of the molecule is COc1cc(Cl)c(C)cc1NC(=O)NC(=O)C(C)Cl. The highest BCUT2D eigenvalue weighted by Crippen LogP contribution is 2.30. The first-order chi connectivity index (χ1) is 8.85. The van der Waals surface area contributed by atoms with E-state index in [0.717, 1.165) is 5.56 Å². The number of aryl methyl sites for hydroxylation is 1. The maximum atomic E-state index is 11.6. The molecule has 0 radical (unpaired) electrons. The van der Waals surface area contributed by atoms with Crippen LogP contribution in [0.5, 0.6) is 5.75 Å². The van der Waals surface area contributed by atoms with Crippen molar-refractivity contribution in [3.63, 3.8) is 0 Å². The van der Waals surface area contributed by atoms with Crippen molar-refractivity contribution >= 4 is 40.8 Å². The van der Waals surface area contributed by atoms with Crippen LogP contribution in [0.2, 0.25) is 5.02 Å². The van der Waals surface area contributed by atoms with Crippen molar-refractivity contribution in [2.24, 2.45) is 0 Å². The average molecular weight is 305 g/mol. The van der Waals surface area contributed by atoms with Crippen LogP contribution in [-0.2, 0) is 4.79 Å². The minimum absolute atomic E-state index is 0.400. The molecule has 2 N–H and O–H groups in total. The molecule has 3 amide bonds. The van der Waals surface area contributed by atoms with Crippen molar-refractivity contribution in [3.05, 3.63) is 22.7 Å². The Morgan fingerprint density at radius 2 is 2.00 bits per heavy atom. The van der Waals surface area contributed by atoms with Crippen LogP contribution in [0, 0.1) is 6.92 Å². The zero-order valence-electron chi connectivity index (χ0n) is 10.7. The van der Waals surface area contributed by atoms with Gasteiger partial charge in [0.15, 0.2) is 0 Å². The van der Waals surface area contributed by atoms with E-state index in [9.17, 15) is 9.59 Å². The number of urea groups is 1. The molecule has 0 saturated carbocycles. The molecule has 104 valence electrons. The van der Waals surface area contributed by atoms with Crippen LogP contribution in [0.25, 0.3) is 0 Å². The summed E-state index contributed by atoms with van der Waals surface area (Å²) in [6.45, 7) is 3.26. The number of alkyl halides is 1. The van der Waals surface area contributed by atoms with Crippen LogP contribution in [0.1, 0.15) is 12.5 Å². The zero-order chi connectivity index (χ0) is 14.6. The monoisotopic (exact) mass is 304 g/mol. The van der Waals surface area contributed by atoms with Gasteiger partial charge in [-0.05, 0) is 25.5 Å². The Morgan fingerprint density at radius 1 is 1.37 bits per heavy atom. The first-order valence-electron chi connectivity index (χ1n) is 5.45. The number of halogens is 2. The average Bonchev–Trinajstić information content (AvgIpc) is 2.33. The second-order valence-corrected chi connectivity index (χ2v) is 4.92. The van der Waals surface area contributed by atoms with Crippen LogP contribution < -0.4 is 15.4 Å². The second kappa shape index (κ2) is 6.63. The summed E-state index contributed by atoms with van der Waals surface area (Å²) in [4.78, 5) is 22.9. The summed E-state index contributed by atoms with van der Waals surface area (Å²) in [5.41, 5.74) is 1.19. The highest BCUT2D eigenvalue weighted by Gasteiger charge is 2.15. The van der Waals surface area contributed by atoms with E-state index in [0.29, 0.717) is 16.5 Å². The predicted molar refractivity (Wildman–Crippen MR) is 75.2 cm³/mol. The maximum absolute atomic E-state index is 11.6. The van der Waals surface area contributed by atoms with Gasteiger partial charge in [0.1, 0.15) is 11.1 Å². The number of carbonyl (C=O) groups is 2. The number of carbonyl (C=O) groups excluding carboxylic acids is 2. The molecule has 1 unspecified atom stereocenters. The predicted octanol–water partition coefficient (Wildman–Crippen LogP) is 2.93. The molecular weight excluding hydrogens is 291 g/mol. The number of anilines is 1. The fourth-order valence-corrected chi connectivity index (χ4v) is 1.50. The third-order valence-corrected chi connectivity index (χ3v) is 2.93. The normalized spacial score (nSPS) is 11.6. The van der Waals surface area contributed by atoms with Gasteiger partial charge in [0.05, 0.1) is 12.8 Å². The summed E-state index contributed by atoms with van der Waals surface area (Å²) < 4.78 is 5.10. The summed E-state index contributed by atoms with van der Waals surface area (Å²) in [5, 5.41) is 4.34. The van der Waals surface area contributed by atoms with Crippen molar-refractivity contribution in [3.8, 4) is 5.75 Å². The Hall–Kier alpha value is -1.46. The van der Waals surface area contributed by atoms with E-state index in [1.165, 1.54) is 14.0 Å². The summed E-state index contributed by atoms with van der Waals surface area (Å²) in [7, 11) is 1.45. The Balaban J connectivity index is 2.84. The Morgan fingerprint density at radius 3 is 2.53 bits per heavy atom. The summed E-state index contributed by atoms with van der Waals surface area (Å²) >= 11 is 11.5. The molecule has 0 bridgehead atoms. The molecule has 0 aliphatic heterocycles. The van der Waals surface area contributed by atoms with Crippen LogP contribution >= 0.6 is 23.2 Å². The van der Waals surface area contributed by atoms with Gasteiger partial charge in [-0.2, -0.15) is 0 Å². The Kier molecular flexibility index (Phi) is 5.44. The number of nitrogens with one attached hydrogen (secondary N) is 2. The number of hydrogen-bond donors (Lipinski definition) is 2. The highest BCUT2D eigenvalue weighted by atomic mass is 35.5. The van der Waals surface area contributed by atoms with Crippen LogP contribution in [0.15, 0.2) is 12.1 Å². The molecular formula is C12H14Cl2N2O3. The van der Waals surface area contributed by atoms with E-state index in [1.807, 2.05) is 0 Å². The largest absolute Gasteiger partial charge is 0.495 e. The third kappa shape index (κ3) is 4.29. The molecule has 0 aliphatic rings. The number of hydrogen-bond acceptors (Lipinski definition) is 3. The summed E-state index contributed by atoms with van der Waals surface area (Å²) in [6, 6.07) is 2.55. The maximum Gasteiger partial charge on any atom is 0.326 e. The zero-order valence-corrected chi connectivity index (χ0v) is 12.2. The van der Waals surface area contributed by atoms with Crippen LogP contribution in [0.4, 0.5) is 10.5 Å². The van der Waals surface area contributed by atoms with Gasteiger partial charge < -0.3 is 10.1 Å².